The van der Waals surface area contributed by atoms with Crippen molar-refractivity contribution in [1.29, 1.82) is 0 Å². The molecule has 2 rings (SSSR count). The zero-order valence-electron chi connectivity index (χ0n) is 10.8. The molecule has 0 atom stereocenters. The van der Waals surface area contributed by atoms with Crippen molar-refractivity contribution < 1.29 is 13.2 Å². The molecule has 0 bridgehead atoms. The summed E-state index contributed by atoms with van der Waals surface area (Å²) < 4.78 is 38.2. The van der Waals surface area contributed by atoms with Gasteiger partial charge in [0.05, 0.1) is 5.56 Å². The van der Waals surface area contributed by atoms with E-state index in [1.807, 2.05) is 0 Å². The summed E-state index contributed by atoms with van der Waals surface area (Å²) in [7, 11) is 0. The largest absolute Gasteiger partial charge is 0.419 e. The molecule has 0 aromatic carbocycles. The van der Waals surface area contributed by atoms with Crippen molar-refractivity contribution in [1.82, 2.24) is 4.98 Å². The van der Waals surface area contributed by atoms with E-state index in [-0.39, 0.29) is 5.82 Å². The third-order valence-corrected chi connectivity index (χ3v) is 3.67. The molecule has 1 aliphatic carbocycles. The molecule has 1 aliphatic rings. The fourth-order valence-corrected chi connectivity index (χ4v) is 2.67. The lowest BCUT2D eigenvalue weighted by atomic mass is 10.0. The number of anilines is 1. The molecule has 0 amide bonds. The number of halogens is 3. The van der Waals surface area contributed by atoms with Crippen molar-refractivity contribution in [2.75, 3.05) is 11.9 Å². The van der Waals surface area contributed by atoms with Crippen LogP contribution in [0, 0.1) is 5.92 Å². The highest BCUT2D eigenvalue weighted by atomic mass is 19.4. The number of nitrogens with zero attached hydrogens (tertiary/aromatic N) is 1. The molecule has 0 aliphatic heterocycles. The van der Waals surface area contributed by atoms with Crippen molar-refractivity contribution in [3.05, 3.63) is 23.9 Å². The standard InChI is InChI=1S/C14H19F3N2/c15-14(16,17)12-8-4-10-19-13(12)18-9-3-7-11-5-1-2-6-11/h4,8,10-11H,1-3,5-7,9H2,(H,18,19). The van der Waals surface area contributed by atoms with Gasteiger partial charge in [0.25, 0.3) is 0 Å². The molecule has 19 heavy (non-hydrogen) atoms. The highest BCUT2D eigenvalue weighted by Gasteiger charge is 2.33. The Morgan fingerprint density at radius 1 is 1.26 bits per heavy atom. The molecule has 0 radical (unpaired) electrons. The van der Waals surface area contributed by atoms with Crippen molar-refractivity contribution >= 4 is 5.82 Å². The molecular formula is C14H19F3N2. The van der Waals surface area contributed by atoms with E-state index < -0.39 is 11.7 Å². The van der Waals surface area contributed by atoms with Gasteiger partial charge in [-0.1, -0.05) is 25.7 Å². The number of nitrogens with one attached hydrogen (secondary N) is 1. The highest BCUT2D eigenvalue weighted by Crippen LogP contribution is 2.33. The Morgan fingerprint density at radius 2 is 2.00 bits per heavy atom. The predicted molar refractivity (Wildman–Crippen MR) is 68.9 cm³/mol. The maximum atomic E-state index is 12.7. The first-order chi connectivity index (χ1) is 9.07. The average molecular weight is 272 g/mol. The first kappa shape index (κ1) is 14.2. The molecule has 1 fully saturated rings. The lowest BCUT2D eigenvalue weighted by Crippen LogP contribution is -2.13. The van der Waals surface area contributed by atoms with E-state index in [1.165, 1.54) is 37.9 Å². The lowest BCUT2D eigenvalue weighted by Gasteiger charge is -2.14. The van der Waals surface area contributed by atoms with Crippen LogP contribution >= 0.6 is 0 Å². The smallest absolute Gasteiger partial charge is 0.370 e. The van der Waals surface area contributed by atoms with Gasteiger partial charge >= 0.3 is 6.18 Å². The Bertz CT molecular complexity index is 398. The number of alkyl halides is 3. The second-order valence-corrected chi connectivity index (χ2v) is 5.12. The van der Waals surface area contributed by atoms with Crippen LogP contribution in [0.5, 0.6) is 0 Å². The summed E-state index contributed by atoms with van der Waals surface area (Å²) in [5, 5.41) is 2.81. The van der Waals surface area contributed by atoms with Gasteiger partial charge in [-0.3, -0.25) is 0 Å². The monoisotopic (exact) mass is 272 g/mol. The molecule has 1 aromatic heterocycles. The quantitative estimate of drug-likeness (QED) is 0.799. The molecule has 5 heteroatoms. The Hall–Kier alpha value is -1.26. The first-order valence-corrected chi connectivity index (χ1v) is 6.83. The van der Waals surface area contributed by atoms with E-state index in [9.17, 15) is 13.2 Å². The Labute approximate surface area is 111 Å². The summed E-state index contributed by atoms with van der Waals surface area (Å²) in [6.07, 6.45) is 4.19. The number of hydrogen-bond acceptors (Lipinski definition) is 2. The SMILES string of the molecule is FC(F)(F)c1cccnc1NCCCC1CCCC1. The van der Waals surface area contributed by atoms with Gasteiger partial charge in [0.15, 0.2) is 0 Å². The van der Waals surface area contributed by atoms with E-state index in [1.54, 1.807) is 0 Å². The van der Waals surface area contributed by atoms with Crippen LogP contribution in [-0.4, -0.2) is 11.5 Å². The van der Waals surface area contributed by atoms with E-state index in [0.717, 1.165) is 24.8 Å². The van der Waals surface area contributed by atoms with E-state index >= 15 is 0 Å². The molecule has 0 spiro atoms. The molecule has 1 aromatic rings. The summed E-state index contributed by atoms with van der Waals surface area (Å²) in [6.45, 7) is 0.552. The van der Waals surface area contributed by atoms with Gasteiger partial charge < -0.3 is 5.32 Å². The maximum absolute atomic E-state index is 12.7. The highest BCUT2D eigenvalue weighted by molar-refractivity contribution is 5.45. The molecule has 0 saturated heterocycles. The fourth-order valence-electron chi connectivity index (χ4n) is 2.67. The summed E-state index contributed by atoms with van der Waals surface area (Å²) in [5.74, 6) is 0.717. The van der Waals surface area contributed by atoms with Crippen LogP contribution < -0.4 is 5.32 Å². The van der Waals surface area contributed by atoms with Gasteiger partial charge in [-0.2, -0.15) is 13.2 Å². The van der Waals surface area contributed by atoms with Crippen molar-refractivity contribution in [2.24, 2.45) is 5.92 Å². The minimum absolute atomic E-state index is 0.0542. The van der Waals surface area contributed by atoms with Crippen LogP contribution in [0.25, 0.3) is 0 Å². The second-order valence-electron chi connectivity index (χ2n) is 5.12. The van der Waals surface area contributed by atoms with Crippen molar-refractivity contribution in [3.63, 3.8) is 0 Å². The molecule has 1 N–H and O–H groups in total. The average Bonchev–Trinajstić information content (AvgIpc) is 2.87. The second kappa shape index (κ2) is 6.26. The van der Waals surface area contributed by atoms with E-state index in [4.69, 9.17) is 0 Å². The van der Waals surface area contributed by atoms with Gasteiger partial charge in [0.1, 0.15) is 5.82 Å². The Morgan fingerprint density at radius 3 is 2.68 bits per heavy atom. The number of rotatable bonds is 5. The zero-order chi connectivity index (χ0) is 13.7. The van der Waals surface area contributed by atoms with Crippen LogP contribution in [0.1, 0.15) is 44.1 Å². The number of aromatic nitrogens is 1. The van der Waals surface area contributed by atoms with E-state index in [2.05, 4.69) is 10.3 Å². The Kier molecular flexibility index (Phi) is 4.66. The molecule has 2 nitrogen and oxygen atoms in total. The van der Waals surface area contributed by atoms with Gasteiger partial charge in [-0.25, -0.2) is 4.98 Å². The van der Waals surface area contributed by atoms with E-state index in [0.29, 0.717) is 6.54 Å². The molecule has 106 valence electrons. The van der Waals surface area contributed by atoms with Gasteiger partial charge in [0, 0.05) is 12.7 Å². The van der Waals surface area contributed by atoms with Gasteiger partial charge in [0.2, 0.25) is 0 Å². The van der Waals surface area contributed by atoms with Crippen LogP contribution in [0.3, 0.4) is 0 Å². The van der Waals surface area contributed by atoms with Crippen LogP contribution in [-0.2, 0) is 6.18 Å². The van der Waals surface area contributed by atoms with Crippen LogP contribution in [0.15, 0.2) is 18.3 Å². The van der Waals surface area contributed by atoms with Gasteiger partial charge in [-0.05, 0) is 30.9 Å². The first-order valence-electron chi connectivity index (χ1n) is 6.83. The third-order valence-electron chi connectivity index (χ3n) is 3.67. The predicted octanol–water partition coefficient (Wildman–Crippen LogP) is 4.48. The third kappa shape index (κ3) is 4.11. The summed E-state index contributed by atoms with van der Waals surface area (Å²) in [5.41, 5.74) is -0.684. The maximum Gasteiger partial charge on any atom is 0.419 e. The van der Waals surface area contributed by atoms with Crippen LogP contribution in [0.4, 0.5) is 19.0 Å². The molecule has 1 heterocycles. The van der Waals surface area contributed by atoms with Crippen molar-refractivity contribution in [3.8, 4) is 0 Å². The zero-order valence-corrected chi connectivity index (χ0v) is 10.8. The van der Waals surface area contributed by atoms with Crippen molar-refractivity contribution in [2.45, 2.75) is 44.7 Å². The lowest BCUT2D eigenvalue weighted by molar-refractivity contribution is -0.137. The molecular weight excluding hydrogens is 253 g/mol. The number of pyridine rings is 1. The minimum Gasteiger partial charge on any atom is -0.370 e. The Balaban J connectivity index is 1.82. The molecule has 1 saturated carbocycles. The minimum atomic E-state index is -4.35. The normalized spacial score (nSPS) is 16.8. The fraction of sp³-hybridized carbons (Fsp3) is 0.643. The summed E-state index contributed by atoms with van der Waals surface area (Å²) in [4.78, 5) is 3.78. The molecule has 0 unspecified atom stereocenters. The topological polar surface area (TPSA) is 24.9 Å². The van der Waals surface area contributed by atoms with Crippen LogP contribution in [0.2, 0.25) is 0 Å². The van der Waals surface area contributed by atoms with Gasteiger partial charge in [-0.15, -0.1) is 0 Å². The summed E-state index contributed by atoms with van der Waals surface area (Å²) in [6, 6.07) is 2.37. The number of hydrogen-bond donors (Lipinski definition) is 1. The summed E-state index contributed by atoms with van der Waals surface area (Å²) >= 11 is 0.